The van der Waals surface area contributed by atoms with E-state index in [4.69, 9.17) is 22.4 Å². The predicted molar refractivity (Wildman–Crippen MR) is 160 cm³/mol. The molecule has 2 aromatic carbocycles. The van der Waals surface area contributed by atoms with Crippen molar-refractivity contribution in [2.75, 3.05) is 6.61 Å². The van der Waals surface area contributed by atoms with Gasteiger partial charge in [0.2, 0.25) is 21.8 Å². The molecule has 230 valence electrons. The zero-order valence-corrected chi connectivity index (χ0v) is 24.8. The molecule has 0 unspecified atom stereocenters. The quantitative estimate of drug-likeness (QED) is 0.134. The van der Waals surface area contributed by atoms with E-state index < -0.39 is 52.3 Å². The SMILES string of the molecule is NCc1ccc(Cl)cc1CNC(=O)[C@@H](CO)NC(=O)[C@H](CCc1ccccn1)NS(=O)(=O)Cc1ccc(CC(=O)O)cc1. The number of aryl methyl sites for hydroxylation is 1. The highest BCUT2D eigenvalue weighted by Crippen LogP contribution is 2.16. The molecular formula is C29H34ClN5O7S. The van der Waals surface area contributed by atoms with Crippen molar-refractivity contribution in [3.63, 3.8) is 0 Å². The summed E-state index contributed by atoms with van der Waals surface area (Å²) in [5, 5.41) is 24.3. The van der Waals surface area contributed by atoms with Crippen LogP contribution in [0.1, 0.15) is 34.4 Å². The first-order valence-electron chi connectivity index (χ1n) is 13.4. The Balaban J connectivity index is 1.71. The van der Waals surface area contributed by atoms with Gasteiger partial charge in [0, 0.05) is 30.0 Å². The van der Waals surface area contributed by atoms with E-state index in [-0.39, 0.29) is 32.4 Å². The Kier molecular flexibility index (Phi) is 12.6. The minimum Gasteiger partial charge on any atom is -0.481 e. The fraction of sp³-hybridized carbons (Fsp3) is 0.310. The maximum atomic E-state index is 13.3. The largest absolute Gasteiger partial charge is 0.481 e. The number of hydrogen-bond acceptors (Lipinski definition) is 8. The Morgan fingerprint density at radius 3 is 2.30 bits per heavy atom. The number of benzene rings is 2. The fourth-order valence-corrected chi connectivity index (χ4v) is 5.79. The van der Waals surface area contributed by atoms with Crippen LogP contribution in [0.4, 0.5) is 0 Å². The molecular weight excluding hydrogens is 598 g/mol. The normalized spacial score (nSPS) is 12.7. The van der Waals surface area contributed by atoms with Gasteiger partial charge in [-0.1, -0.05) is 48.0 Å². The molecule has 2 atom stereocenters. The van der Waals surface area contributed by atoms with Crippen LogP contribution in [0.3, 0.4) is 0 Å². The number of aromatic nitrogens is 1. The second kappa shape index (κ2) is 16.1. The number of aliphatic carboxylic acids is 1. The molecule has 7 N–H and O–H groups in total. The zero-order valence-electron chi connectivity index (χ0n) is 23.2. The van der Waals surface area contributed by atoms with E-state index >= 15 is 0 Å². The van der Waals surface area contributed by atoms with Gasteiger partial charge in [-0.2, -0.15) is 0 Å². The number of nitrogens with zero attached hydrogens (tertiary/aromatic N) is 1. The predicted octanol–water partition coefficient (Wildman–Crippen LogP) is 1.04. The summed E-state index contributed by atoms with van der Waals surface area (Å²) in [6.07, 6.45) is 1.64. The molecule has 3 aromatic rings. The van der Waals surface area contributed by atoms with Gasteiger partial charge in [0.05, 0.1) is 18.8 Å². The number of rotatable bonds is 16. The van der Waals surface area contributed by atoms with Crippen LogP contribution in [0.5, 0.6) is 0 Å². The van der Waals surface area contributed by atoms with Gasteiger partial charge in [-0.15, -0.1) is 0 Å². The average Bonchev–Trinajstić information content (AvgIpc) is 2.97. The van der Waals surface area contributed by atoms with Gasteiger partial charge in [-0.25, -0.2) is 13.1 Å². The number of nitrogens with one attached hydrogen (secondary N) is 3. The summed E-state index contributed by atoms with van der Waals surface area (Å²) < 4.78 is 28.6. The van der Waals surface area contributed by atoms with E-state index in [1.807, 2.05) is 0 Å². The summed E-state index contributed by atoms with van der Waals surface area (Å²) in [7, 11) is -4.07. The van der Waals surface area contributed by atoms with Crippen LogP contribution in [0.25, 0.3) is 0 Å². The van der Waals surface area contributed by atoms with E-state index in [1.54, 1.807) is 42.6 Å². The molecule has 0 fully saturated rings. The number of pyridine rings is 1. The number of carbonyl (C=O) groups is 3. The van der Waals surface area contributed by atoms with Crippen LogP contribution in [0.15, 0.2) is 66.9 Å². The molecule has 1 aromatic heterocycles. The second-order valence-corrected chi connectivity index (χ2v) is 11.9. The van der Waals surface area contributed by atoms with E-state index in [1.165, 1.54) is 24.3 Å². The van der Waals surface area contributed by atoms with Crippen molar-refractivity contribution < 1.29 is 33.0 Å². The van der Waals surface area contributed by atoms with Crippen LogP contribution in [-0.4, -0.2) is 60.1 Å². The van der Waals surface area contributed by atoms with Crippen molar-refractivity contribution in [3.8, 4) is 0 Å². The number of carboxylic acid groups (broad SMARTS) is 1. The number of hydrogen-bond donors (Lipinski definition) is 6. The molecule has 0 radical (unpaired) electrons. The average molecular weight is 632 g/mol. The van der Waals surface area contributed by atoms with Gasteiger partial charge in [0.15, 0.2) is 0 Å². The molecule has 1 heterocycles. The van der Waals surface area contributed by atoms with Gasteiger partial charge in [-0.05, 0) is 59.4 Å². The first-order chi connectivity index (χ1) is 20.5. The lowest BCUT2D eigenvalue weighted by Gasteiger charge is -2.22. The number of sulfonamides is 1. The minimum absolute atomic E-state index is 0.0156. The third-order valence-corrected chi connectivity index (χ3v) is 8.04. The Bertz CT molecular complexity index is 1510. The number of carbonyl (C=O) groups excluding carboxylic acids is 2. The number of nitrogens with two attached hydrogens (primary N) is 1. The topological polar surface area (TPSA) is 201 Å². The van der Waals surface area contributed by atoms with Crippen LogP contribution in [0, 0.1) is 0 Å². The van der Waals surface area contributed by atoms with Gasteiger partial charge in [-0.3, -0.25) is 19.4 Å². The van der Waals surface area contributed by atoms with Gasteiger partial charge in [0.1, 0.15) is 12.1 Å². The van der Waals surface area contributed by atoms with E-state index in [2.05, 4.69) is 20.3 Å². The van der Waals surface area contributed by atoms with Crippen molar-refractivity contribution in [2.45, 2.75) is 50.2 Å². The first kappa shape index (κ1) is 33.6. The molecule has 0 aliphatic heterocycles. The molecule has 14 heteroatoms. The number of amides is 2. The summed E-state index contributed by atoms with van der Waals surface area (Å²) in [5.41, 5.74) is 8.70. The van der Waals surface area contributed by atoms with Gasteiger partial charge >= 0.3 is 5.97 Å². The third kappa shape index (κ3) is 11.0. The molecule has 0 aliphatic rings. The maximum absolute atomic E-state index is 13.3. The molecule has 0 spiro atoms. The highest BCUT2D eigenvalue weighted by Gasteiger charge is 2.29. The van der Waals surface area contributed by atoms with Gasteiger partial charge < -0.3 is 26.6 Å². The monoisotopic (exact) mass is 631 g/mol. The smallest absolute Gasteiger partial charge is 0.307 e. The summed E-state index contributed by atoms with van der Waals surface area (Å²) in [6.45, 7) is -0.480. The Morgan fingerprint density at radius 1 is 0.953 bits per heavy atom. The van der Waals surface area contributed by atoms with E-state index in [0.29, 0.717) is 27.4 Å². The highest BCUT2D eigenvalue weighted by atomic mass is 35.5. The van der Waals surface area contributed by atoms with E-state index in [0.717, 1.165) is 5.56 Å². The Morgan fingerprint density at radius 2 is 1.67 bits per heavy atom. The number of aliphatic hydroxyl groups excluding tert-OH is 1. The minimum atomic E-state index is -4.07. The summed E-state index contributed by atoms with van der Waals surface area (Å²) in [5.74, 6) is -2.98. The van der Waals surface area contributed by atoms with Gasteiger partial charge in [0.25, 0.3) is 0 Å². The maximum Gasteiger partial charge on any atom is 0.307 e. The lowest BCUT2D eigenvalue weighted by Crippen LogP contribution is -2.55. The molecule has 43 heavy (non-hydrogen) atoms. The van der Waals surface area contributed by atoms with Crippen molar-refractivity contribution in [2.24, 2.45) is 5.73 Å². The third-order valence-electron chi connectivity index (χ3n) is 6.45. The number of aliphatic hydroxyl groups is 1. The lowest BCUT2D eigenvalue weighted by atomic mass is 10.1. The highest BCUT2D eigenvalue weighted by molar-refractivity contribution is 7.88. The van der Waals surface area contributed by atoms with E-state index in [9.17, 15) is 27.9 Å². The Hall–Kier alpha value is -3.88. The molecule has 0 bridgehead atoms. The molecule has 0 saturated carbocycles. The molecule has 12 nitrogen and oxygen atoms in total. The van der Waals surface area contributed by atoms with Crippen molar-refractivity contribution in [1.29, 1.82) is 0 Å². The zero-order chi connectivity index (χ0) is 31.4. The summed E-state index contributed by atoms with van der Waals surface area (Å²) in [4.78, 5) is 41.3. The molecule has 0 saturated heterocycles. The van der Waals surface area contributed by atoms with Crippen LogP contribution in [0.2, 0.25) is 5.02 Å². The van der Waals surface area contributed by atoms with Crippen molar-refractivity contribution >= 4 is 39.4 Å². The van der Waals surface area contributed by atoms with Crippen LogP contribution < -0.4 is 21.1 Å². The Labute approximate surface area is 254 Å². The van der Waals surface area contributed by atoms with Crippen LogP contribution >= 0.6 is 11.6 Å². The molecule has 3 rings (SSSR count). The standard InChI is InChI=1S/C29H34ClN5O7S/c30-23-9-8-21(15-31)22(14-23)16-33-28(39)26(17-36)34-29(40)25(11-10-24-3-1-2-12-32-24)35-43(41,42)18-20-6-4-19(5-7-20)13-27(37)38/h1-9,12,14,25-26,35-36H,10-11,13,15-18,31H2,(H,33,39)(H,34,40)(H,37,38)/t25-,26+/m0/s1. The number of halogens is 1. The first-order valence-corrected chi connectivity index (χ1v) is 15.4. The number of carboxylic acids is 1. The lowest BCUT2D eigenvalue weighted by molar-refractivity contribution is -0.136. The summed E-state index contributed by atoms with van der Waals surface area (Å²) >= 11 is 6.05. The molecule has 0 aliphatic carbocycles. The van der Waals surface area contributed by atoms with Crippen molar-refractivity contribution in [3.05, 3.63) is 99.8 Å². The second-order valence-electron chi connectivity index (χ2n) is 9.75. The van der Waals surface area contributed by atoms with Crippen molar-refractivity contribution in [1.82, 2.24) is 20.3 Å². The molecule has 2 amide bonds. The van der Waals surface area contributed by atoms with Crippen LogP contribution in [-0.2, 0) is 56.1 Å². The summed E-state index contributed by atoms with van der Waals surface area (Å²) in [6, 6.07) is 13.7. The fourth-order valence-electron chi connectivity index (χ4n) is 4.22.